The van der Waals surface area contributed by atoms with Gasteiger partial charge in [-0.3, -0.25) is 4.79 Å². The van der Waals surface area contributed by atoms with Crippen molar-refractivity contribution in [3.8, 4) is 11.1 Å². The molecule has 32 heavy (non-hydrogen) atoms. The summed E-state index contributed by atoms with van der Waals surface area (Å²) in [4.78, 5) is 17.3. The zero-order valence-electron chi connectivity index (χ0n) is 18.3. The summed E-state index contributed by atoms with van der Waals surface area (Å²) in [6.07, 6.45) is 9.52. The minimum absolute atomic E-state index is 0.111. The van der Waals surface area contributed by atoms with Crippen LogP contribution in [0.2, 0.25) is 0 Å². The molecular weight excluding hydrogens is 405 g/mol. The van der Waals surface area contributed by atoms with Gasteiger partial charge in [-0.1, -0.05) is 36.4 Å². The van der Waals surface area contributed by atoms with E-state index >= 15 is 0 Å². The van der Waals surface area contributed by atoms with E-state index < -0.39 is 5.41 Å². The van der Waals surface area contributed by atoms with E-state index in [0.717, 1.165) is 36.1 Å². The van der Waals surface area contributed by atoms with E-state index in [0.29, 0.717) is 39.0 Å². The molecule has 1 N–H and O–H groups in total. The van der Waals surface area contributed by atoms with E-state index in [2.05, 4.69) is 22.4 Å². The average molecular weight is 436 g/mol. The van der Waals surface area contributed by atoms with Gasteiger partial charge >= 0.3 is 0 Å². The van der Waals surface area contributed by atoms with Gasteiger partial charge in [0.1, 0.15) is 5.82 Å². The third kappa shape index (κ3) is 5.62. The second kappa shape index (κ2) is 10.6. The molecular formula is C26H30FN3O2. The molecule has 4 rings (SSSR count). The van der Waals surface area contributed by atoms with Crippen LogP contribution in [-0.2, 0) is 22.5 Å². The minimum atomic E-state index is -0.469. The maximum absolute atomic E-state index is 13.7. The van der Waals surface area contributed by atoms with Crippen LogP contribution in [0.25, 0.3) is 11.1 Å². The van der Waals surface area contributed by atoms with Crippen molar-refractivity contribution in [1.82, 2.24) is 14.9 Å². The van der Waals surface area contributed by atoms with Crippen LogP contribution in [0, 0.1) is 11.2 Å². The van der Waals surface area contributed by atoms with Crippen molar-refractivity contribution < 1.29 is 13.9 Å². The van der Waals surface area contributed by atoms with Gasteiger partial charge in [0, 0.05) is 38.7 Å². The van der Waals surface area contributed by atoms with Gasteiger partial charge in [0.15, 0.2) is 0 Å². The molecule has 1 fully saturated rings. The number of halogens is 1. The number of hydrogen-bond acceptors (Lipinski definition) is 3. The van der Waals surface area contributed by atoms with Gasteiger partial charge in [0.05, 0.1) is 11.7 Å². The molecule has 0 radical (unpaired) electrons. The molecule has 1 saturated heterocycles. The first-order chi connectivity index (χ1) is 15.6. The Bertz CT molecular complexity index is 1010. The molecule has 2 aromatic carbocycles. The monoisotopic (exact) mass is 435 g/mol. The number of carbonyl (C=O) groups is 1. The molecule has 0 spiro atoms. The molecule has 1 aliphatic heterocycles. The summed E-state index contributed by atoms with van der Waals surface area (Å²) < 4.78 is 21.3. The van der Waals surface area contributed by atoms with Crippen molar-refractivity contribution in [3.05, 3.63) is 78.6 Å². The van der Waals surface area contributed by atoms with Crippen LogP contribution in [0.1, 0.15) is 31.2 Å². The van der Waals surface area contributed by atoms with Crippen LogP contribution in [-0.4, -0.2) is 35.2 Å². The van der Waals surface area contributed by atoms with Gasteiger partial charge in [0.2, 0.25) is 5.91 Å². The molecule has 6 heteroatoms. The number of aryl methyl sites for hydroxylation is 1. The summed E-state index contributed by atoms with van der Waals surface area (Å²) in [5.41, 5.74) is 2.42. The van der Waals surface area contributed by atoms with Crippen LogP contribution in [0.15, 0.2) is 67.3 Å². The number of benzene rings is 2. The SMILES string of the molecule is O=C(NCCCCn1ccnc1)C1(Cc2cccc(-c3cccc(F)c3)c2)CCOCC1. The number of carbonyl (C=O) groups excluding carboxylic acids is 1. The Morgan fingerprint density at radius 1 is 1.09 bits per heavy atom. The molecule has 5 nitrogen and oxygen atoms in total. The molecule has 1 aromatic heterocycles. The average Bonchev–Trinajstić information content (AvgIpc) is 3.33. The number of amides is 1. The Labute approximate surface area is 188 Å². The third-order valence-electron chi connectivity index (χ3n) is 6.25. The molecule has 0 bridgehead atoms. The first-order valence-corrected chi connectivity index (χ1v) is 11.3. The quantitative estimate of drug-likeness (QED) is 0.499. The first kappa shape index (κ1) is 22.2. The Morgan fingerprint density at radius 2 is 1.88 bits per heavy atom. The predicted octanol–water partition coefficient (Wildman–Crippen LogP) is 4.63. The molecule has 1 amide bonds. The highest BCUT2D eigenvalue weighted by atomic mass is 19.1. The largest absolute Gasteiger partial charge is 0.381 e. The second-order valence-electron chi connectivity index (χ2n) is 8.54. The number of nitrogens with one attached hydrogen (secondary N) is 1. The van der Waals surface area contributed by atoms with E-state index in [1.807, 2.05) is 35.3 Å². The van der Waals surface area contributed by atoms with Gasteiger partial charge in [-0.2, -0.15) is 0 Å². The molecule has 0 atom stereocenters. The standard InChI is InChI=1S/C26H30FN3O2/c27-24-8-4-7-23(18-24)22-6-3-5-21(17-22)19-26(9-15-32-16-10-26)25(31)29-11-1-2-13-30-14-12-28-20-30/h3-8,12,14,17-18,20H,1-2,9-11,13,15-16,19H2,(H,29,31). The fourth-order valence-electron chi connectivity index (χ4n) is 4.39. The number of imidazole rings is 1. The number of unbranched alkanes of at least 4 members (excludes halogenated alkanes) is 1. The van der Waals surface area contributed by atoms with E-state index in [4.69, 9.17) is 4.74 Å². The minimum Gasteiger partial charge on any atom is -0.381 e. The van der Waals surface area contributed by atoms with Crippen LogP contribution >= 0.6 is 0 Å². The lowest BCUT2D eigenvalue weighted by atomic mass is 9.74. The molecule has 2 heterocycles. The third-order valence-corrected chi connectivity index (χ3v) is 6.25. The van der Waals surface area contributed by atoms with Crippen LogP contribution < -0.4 is 5.32 Å². The first-order valence-electron chi connectivity index (χ1n) is 11.3. The normalized spacial score (nSPS) is 15.4. The fraction of sp³-hybridized carbons (Fsp3) is 0.385. The maximum Gasteiger partial charge on any atom is 0.226 e. The number of nitrogens with zero attached hydrogens (tertiary/aromatic N) is 2. The van der Waals surface area contributed by atoms with Crippen LogP contribution in [0.3, 0.4) is 0 Å². The van der Waals surface area contributed by atoms with E-state index in [9.17, 15) is 9.18 Å². The summed E-state index contributed by atoms with van der Waals surface area (Å²) >= 11 is 0. The van der Waals surface area contributed by atoms with Crippen LogP contribution in [0.4, 0.5) is 4.39 Å². The van der Waals surface area contributed by atoms with Crippen LogP contribution in [0.5, 0.6) is 0 Å². The van der Waals surface area contributed by atoms with E-state index in [-0.39, 0.29) is 11.7 Å². The highest BCUT2D eigenvalue weighted by molar-refractivity contribution is 5.83. The lowest BCUT2D eigenvalue weighted by molar-refractivity contribution is -0.136. The smallest absolute Gasteiger partial charge is 0.226 e. The number of hydrogen-bond donors (Lipinski definition) is 1. The predicted molar refractivity (Wildman–Crippen MR) is 122 cm³/mol. The van der Waals surface area contributed by atoms with E-state index in [1.165, 1.54) is 6.07 Å². The van der Waals surface area contributed by atoms with Gasteiger partial charge in [-0.05, 0) is 60.9 Å². The number of ether oxygens (including phenoxy) is 1. The van der Waals surface area contributed by atoms with Gasteiger partial charge < -0.3 is 14.6 Å². The second-order valence-corrected chi connectivity index (χ2v) is 8.54. The van der Waals surface area contributed by atoms with Gasteiger partial charge in [0.25, 0.3) is 0 Å². The van der Waals surface area contributed by atoms with Crippen molar-refractivity contribution in [2.24, 2.45) is 5.41 Å². The highest BCUT2D eigenvalue weighted by Gasteiger charge is 2.39. The van der Waals surface area contributed by atoms with Crippen molar-refractivity contribution in [1.29, 1.82) is 0 Å². The zero-order valence-corrected chi connectivity index (χ0v) is 18.3. The van der Waals surface area contributed by atoms with Crippen molar-refractivity contribution >= 4 is 5.91 Å². The summed E-state index contributed by atoms with van der Waals surface area (Å²) in [6, 6.07) is 14.7. The molecule has 168 valence electrons. The summed E-state index contributed by atoms with van der Waals surface area (Å²) in [6.45, 7) is 2.76. The maximum atomic E-state index is 13.7. The van der Waals surface area contributed by atoms with Crippen molar-refractivity contribution in [2.75, 3.05) is 19.8 Å². The van der Waals surface area contributed by atoms with E-state index in [1.54, 1.807) is 18.3 Å². The Kier molecular flexibility index (Phi) is 7.32. The topological polar surface area (TPSA) is 56.2 Å². The summed E-state index contributed by atoms with van der Waals surface area (Å²) in [7, 11) is 0. The van der Waals surface area contributed by atoms with Gasteiger partial charge in [-0.15, -0.1) is 0 Å². The molecule has 3 aromatic rings. The number of rotatable bonds is 9. The van der Waals surface area contributed by atoms with Gasteiger partial charge in [-0.25, -0.2) is 9.37 Å². The lowest BCUT2D eigenvalue weighted by Gasteiger charge is -2.36. The molecule has 0 aliphatic carbocycles. The van der Waals surface area contributed by atoms with Crippen molar-refractivity contribution in [2.45, 2.75) is 38.6 Å². The Morgan fingerprint density at radius 3 is 2.62 bits per heavy atom. The molecule has 1 aliphatic rings. The lowest BCUT2D eigenvalue weighted by Crippen LogP contribution is -2.46. The fourth-order valence-corrected chi connectivity index (χ4v) is 4.39. The Balaban J connectivity index is 1.40. The molecule has 0 saturated carbocycles. The molecule has 0 unspecified atom stereocenters. The Hall–Kier alpha value is -2.99. The van der Waals surface area contributed by atoms with Crippen molar-refractivity contribution in [3.63, 3.8) is 0 Å². The summed E-state index contributed by atoms with van der Waals surface area (Å²) in [5.74, 6) is -0.138. The number of aromatic nitrogens is 2. The highest BCUT2D eigenvalue weighted by Crippen LogP contribution is 2.35. The summed E-state index contributed by atoms with van der Waals surface area (Å²) in [5, 5.41) is 3.18. The zero-order chi connectivity index (χ0) is 22.2.